The summed E-state index contributed by atoms with van der Waals surface area (Å²) in [5.74, 6) is -1.03. The van der Waals surface area contributed by atoms with Gasteiger partial charge in [-0.15, -0.1) is 0 Å². The van der Waals surface area contributed by atoms with Crippen LogP contribution in [-0.2, 0) is 11.2 Å². The second kappa shape index (κ2) is 6.70. The number of benzene rings is 1. The first-order chi connectivity index (χ1) is 9.24. The summed E-state index contributed by atoms with van der Waals surface area (Å²) < 4.78 is 18.9. The summed E-state index contributed by atoms with van der Waals surface area (Å²) in [5, 5.41) is 9.01. The predicted octanol–water partition coefficient (Wildman–Crippen LogP) is 2.60. The van der Waals surface area contributed by atoms with Gasteiger partial charge in [0, 0.05) is 12.1 Å². The second-order valence-corrected chi connectivity index (χ2v) is 5.65. The maximum absolute atomic E-state index is 13.5. The van der Waals surface area contributed by atoms with Gasteiger partial charge in [-0.3, -0.25) is 4.79 Å². The zero-order valence-electron chi connectivity index (χ0n) is 12.1. The standard InChI is InChI=1S/C15H22FNO3/c1-4-12(17)6-10-5-11(16)8-13(7-10)20-9-15(2,3)14(18)19/h5,7-8,12H,4,6,9,17H2,1-3H3,(H,18,19). The number of carboxylic acid groups (broad SMARTS) is 1. The summed E-state index contributed by atoms with van der Waals surface area (Å²) >= 11 is 0. The Bertz CT molecular complexity index is 474. The Morgan fingerprint density at radius 3 is 2.65 bits per heavy atom. The van der Waals surface area contributed by atoms with Gasteiger partial charge in [0.1, 0.15) is 18.2 Å². The van der Waals surface area contributed by atoms with Crippen molar-refractivity contribution in [2.75, 3.05) is 6.61 Å². The largest absolute Gasteiger partial charge is 0.492 e. The first-order valence-electron chi connectivity index (χ1n) is 6.66. The number of nitrogens with two attached hydrogens (primary N) is 1. The number of halogens is 1. The molecule has 5 heteroatoms. The lowest BCUT2D eigenvalue weighted by atomic mass is 9.95. The minimum Gasteiger partial charge on any atom is -0.492 e. The van der Waals surface area contributed by atoms with Crippen molar-refractivity contribution in [1.29, 1.82) is 0 Å². The minimum absolute atomic E-state index is 0.0228. The van der Waals surface area contributed by atoms with Crippen LogP contribution in [0.2, 0.25) is 0 Å². The van der Waals surface area contributed by atoms with E-state index in [0.29, 0.717) is 12.2 Å². The number of hydrogen-bond acceptors (Lipinski definition) is 3. The molecule has 0 spiro atoms. The second-order valence-electron chi connectivity index (χ2n) is 5.65. The van der Waals surface area contributed by atoms with Crippen molar-refractivity contribution in [3.63, 3.8) is 0 Å². The molecule has 20 heavy (non-hydrogen) atoms. The molecule has 1 atom stereocenters. The maximum Gasteiger partial charge on any atom is 0.312 e. The van der Waals surface area contributed by atoms with Crippen LogP contribution in [0.4, 0.5) is 4.39 Å². The zero-order chi connectivity index (χ0) is 15.3. The van der Waals surface area contributed by atoms with E-state index in [0.717, 1.165) is 12.0 Å². The zero-order valence-corrected chi connectivity index (χ0v) is 12.1. The fourth-order valence-electron chi connectivity index (χ4n) is 1.59. The van der Waals surface area contributed by atoms with Gasteiger partial charge in [-0.05, 0) is 44.4 Å². The van der Waals surface area contributed by atoms with Gasteiger partial charge in [0.25, 0.3) is 0 Å². The Labute approximate surface area is 118 Å². The molecule has 0 aromatic heterocycles. The first kappa shape index (κ1) is 16.4. The third kappa shape index (κ3) is 4.81. The molecular formula is C15H22FNO3. The molecule has 0 amide bonds. The van der Waals surface area contributed by atoms with Crippen LogP contribution in [-0.4, -0.2) is 23.7 Å². The summed E-state index contributed by atoms with van der Waals surface area (Å²) in [7, 11) is 0. The molecule has 1 aromatic rings. The molecule has 0 fully saturated rings. The molecule has 0 aliphatic rings. The molecule has 0 saturated heterocycles. The van der Waals surface area contributed by atoms with E-state index in [4.69, 9.17) is 15.6 Å². The third-order valence-corrected chi connectivity index (χ3v) is 3.13. The highest BCUT2D eigenvalue weighted by Crippen LogP contribution is 2.22. The van der Waals surface area contributed by atoms with Crippen LogP contribution in [0.5, 0.6) is 5.75 Å². The molecule has 112 valence electrons. The normalized spacial score (nSPS) is 13.1. The van der Waals surface area contributed by atoms with Crippen LogP contribution >= 0.6 is 0 Å². The summed E-state index contributed by atoms with van der Waals surface area (Å²) in [5.41, 5.74) is 5.58. The molecule has 1 aromatic carbocycles. The van der Waals surface area contributed by atoms with E-state index in [9.17, 15) is 9.18 Å². The average molecular weight is 283 g/mol. The van der Waals surface area contributed by atoms with Crippen molar-refractivity contribution in [2.45, 2.75) is 39.7 Å². The number of carbonyl (C=O) groups is 1. The van der Waals surface area contributed by atoms with Gasteiger partial charge < -0.3 is 15.6 Å². The lowest BCUT2D eigenvalue weighted by Gasteiger charge is -2.20. The minimum atomic E-state index is -1.02. The van der Waals surface area contributed by atoms with Gasteiger partial charge in [-0.2, -0.15) is 0 Å². The van der Waals surface area contributed by atoms with E-state index >= 15 is 0 Å². The summed E-state index contributed by atoms with van der Waals surface area (Å²) in [6.07, 6.45) is 1.37. The van der Waals surface area contributed by atoms with E-state index < -0.39 is 17.2 Å². The fourth-order valence-corrected chi connectivity index (χ4v) is 1.59. The lowest BCUT2D eigenvalue weighted by Crippen LogP contribution is -2.30. The monoisotopic (exact) mass is 283 g/mol. The van der Waals surface area contributed by atoms with E-state index in [1.807, 2.05) is 6.92 Å². The van der Waals surface area contributed by atoms with E-state index in [2.05, 4.69) is 0 Å². The van der Waals surface area contributed by atoms with E-state index in [1.54, 1.807) is 19.9 Å². The fraction of sp³-hybridized carbons (Fsp3) is 0.533. The average Bonchev–Trinajstić information content (AvgIpc) is 2.35. The van der Waals surface area contributed by atoms with Crippen LogP contribution in [0.25, 0.3) is 0 Å². The molecular weight excluding hydrogens is 261 g/mol. The quantitative estimate of drug-likeness (QED) is 0.806. The van der Waals surface area contributed by atoms with Crippen LogP contribution in [0.3, 0.4) is 0 Å². The summed E-state index contributed by atoms with van der Waals surface area (Å²) in [6.45, 7) is 5.06. The smallest absolute Gasteiger partial charge is 0.312 e. The van der Waals surface area contributed by atoms with Gasteiger partial charge in [0.05, 0.1) is 5.41 Å². The SMILES string of the molecule is CCC(N)Cc1cc(F)cc(OCC(C)(C)C(=O)O)c1. The number of rotatable bonds is 7. The molecule has 0 bridgehead atoms. The third-order valence-electron chi connectivity index (χ3n) is 3.13. The predicted molar refractivity (Wildman–Crippen MR) is 75.3 cm³/mol. The van der Waals surface area contributed by atoms with Crippen molar-refractivity contribution in [3.05, 3.63) is 29.6 Å². The molecule has 3 N–H and O–H groups in total. The Hall–Kier alpha value is -1.62. The Balaban J connectivity index is 2.78. The van der Waals surface area contributed by atoms with Gasteiger partial charge in [-0.25, -0.2) is 4.39 Å². The van der Waals surface area contributed by atoms with Crippen molar-refractivity contribution in [3.8, 4) is 5.75 Å². The van der Waals surface area contributed by atoms with Crippen molar-refractivity contribution >= 4 is 5.97 Å². The number of hydrogen-bond donors (Lipinski definition) is 2. The molecule has 0 radical (unpaired) electrons. The summed E-state index contributed by atoms with van der Waals surface area (Å²) in [6, 6.07) is 4.35. The van der Waals surface area contributed by atoms with Gasteiger partial charge >= 0.3 is 5.97 Å². The number of ether oxygens (including phenoxy) is 1. The Morgan fingerprint density at radius 1 is 1.45 bits per heavy atom. The highest BCUT2D eigenvalue weighted by molar-refractivity contribution is 5.73. The van der Waals surface area contributed by atoms with E-state index in [-0.39, 0.29) is 12.6 Å². The van der Waals surface area contributed by atoms with Crippen LogP contribution in [0, 0.1) is 11.2 Å². The van der Waals surface area contributed by atoms with Crippen molar-refractivity contribution in [1.82, 2.24) is 0 Å². The van der Waals surface area contributed by atoms with Gasteiger partial charge in [-0.1, -0.05) is 6.92 Å². The van der Waals surface area contributed by atoms with Crippen molar-refractivity contribution in [2.24, 2.45) is 11.1 Å². The van der Waals surface area contributed by atoms with Crippen LogP contribution < -0.4 is 10.5 Å². The highest BCUT2D eigenvalue weighted by Gasteiger charge is 2.28. The number of carboxylic acids is 1. The molecule has 1 unspecified atom stereocenters. The van der Waals surface area contributed by atoms with E-state index in [1.165, 1.54) is 12.1 Å². The first-order valence-corrected chi connectivity index (χ1v) is 6.66. The Morgan fingerprint density at radius 2 is 2.10 bits per heavy atom. The highest BCUT2D eigenvalue weighted by atomic mass is 19.1. The molecule has 1 rings (SSSR count). The molecule has 0 aliphatic heterocycles. The van der Waals surface area contributed by atoms with Crippen LogP contribution in [0.15, 0.2) is 18.2 Å². The molecule has 4 nitrogen and oxygen atoms in total. The lowest BCUT2D eigenvalue weighted by molar-refractivity contribution is -0.148. The topological polar surface area (TPSA) is 72.5 Å². The van der Waals surface area contributed by atoms with Gasteiger partial charge in [0.15, 0.2) is 0 Å². The van der Waals surface area contributed by atoms with Gasteiger partial charge in [0.2, 0.25) is 0 Å². The molecule has 0 aliphatic carbocycles. The van der Waals surface area contributed by atoms with Crippen LogP contribution in [0.1, 0.15) is 32.8 Å². The molecule has 0 saturated carbocycles. The summed E-state index contributed by atoms with van der Waals surface area (Å²) in [4.78, 5) is 11.0. The molecule has 0 heterocycles. The Kier molecular flexibility index (Phi) is 5.51. The van der Waals surface area contributed by atoms with Crippen molar-refractivity contribution < 1.29 is 19.0 Å². The maximum atomic E-state index is 13.5. The number of aliphatic carboxylic acids is 1.